The van der Waals surface area contributed by atoms with Crippen molar-refractivity contribution in [2.24, 2.45) is 0 Å². The lowest BCUT2D eigenvalue weighted by atomic mass is 9.94. The molecular formula is C17H27N. The second kappa shape index (κ2) is 6.38. The molecule has 2 unspecified atom stereocenters. The molecule has 0 saturated heterocycles. The van der Waals surface area contributed by atoms with Crippen LogP contribution in [0.25, 0.3) is 0 Å². The highest BCUT2D eigenvalue weighted by molar-refractivity contribution is 5.28. The standard InChI is InChI=1S/C17H27N/c1-4-11-18-17-10-9-16(12-17)15-7-5-14(6-8-15)13(2)3/h5-8,13,16-18H,4,9-12H2,1-3H3. The van der Waals surface area contributed by atoms with Crippen LogP contribution in [0.15, 0.2) is 24.3 Å². The predicted octanol–water partition coefficient (Wildman–Crippen LogP) is 4.45. The Morgan fingerprint density at radius 1 is 1.17 bits per heavy atom. The second-order valence-corrected chi connectivity index (χ2v) is 5.98. The fourth-order valence-corrected chi connectivity index (χ4v) is 2.97. The van der Waals surface area contributed by atoms with Crippen LogP contribution in [0.5, 0.6) is 0 Å². The number of rotatable bonds is 5. The van der Waals surface area contributed by atoms with Crippen molar-refractivity contribution in [2.45, 2.75) is 64.3 Å². The Labute approximate surface area is 112 Å². The second-order valence-electron chi connectivity index (χ2n) is 5.98. The van der Waals surface area contributed by atoms with Crippen LogP contribution in [0.4, 0.5) is 0 Å². The van der Waals surface area contributed by atoms with Crippen molar-refractivity contribution >= 4 is 0 Å². The van der Waals surface area contributed by atoms with E-state index in [1.54, 1.807) is 5.56 Å². The van der Waals surface area contributed by atoms with E-state index in [1.165, 1.54) is 37.8 Å². The quantitative estimate of drug-likeness (QED) is 0.808. The normalized spacial score (nSPS) is 23.8. The summed E-state index contributed by atoms with van der Waals surface area (Å²) in [5.74, 6) is 1.42. The maximum atomic E-state index is 3.66. The van der Waals surface area contributed by atoms with E-state index in [4.69, 9.17) is 0 Å². The first-order valence-corrected chi connectivity index (χ1v) is 7.54. The molecule has 1 aromatic rings. The summed E-state index contributed by atoms with van der Waals surface area (Å²) in [7, 11) is 0. The topological polar surface area (TPSA) is 12.0 Å². The van der Waals surface area contributed by atoms with Gasteiger partial charge in [-0.25, -0.2) is 0 Å². The van der Waals surface area contributed by atoms with Crippen molar-refractivity contribution in [2.75, 3.05) is 6.54 Å². The zero-order valence-corrected chi connectivity index (χ0v) is 12.1. The molecule has 2 atom stereocenters. The largest absolute Gasteiger partial charge is 0.314 e. The molecule has 0 aromatic heterocycles. The first-order valence-electron chi connectivity index (χ1n) is 7.54. The average Bonchev–Trinajstić information content (AvgIpc) is 2.85. The molecule has 1 fully saturated rings. The maximum Gasteiger partial charge on any atom is 0.00730 e. The Kier molecular flexibility index (Phi) is 4.82. The summed E-state index contributed by atoms with van der Waals surface area (Å²) in [6.45, 7) is 7.93. The molecule has 0 aliphatic heterocycles. The van der Waals surface area contributed by atoms with E-state index in [0.717, 1.165) is 12.0 Å². The van der Waals surface area contributed by atoms with Crippen LogP contribution in [-0.2, 0) is 0 Å². The third-order valence-electron chi connectivity index (χ3n) is 4.19. The molecule has 0 bridgehead atoms. The third kappa shape index (κ3) is 3.35. The predicted molar refractivity (Wildman–Crippen MR) is 79.2 cm³/mol. The zero-order valence-electron chi connectivity index (χ0n) is 12.1. The van der Waals surface area contributed by atoms with E-state index in [0.29, 0.717) is 5.92 Å². The summed E-state index contributed by atoms with van der Waals surface area (Å²) in [6.07, 6.45) is 5.25. The highest BCUT2D eigenvalue weighted by Gasteiger charge is 2.25. The van der Waals surface area contributed by atoms with Gasteiger partial charge in [0.05, 0.1) is 0 Å². The van der Waals surface area contributed by atoms with Crippen LogP contribution in [0, 0.1) is 0 Å². The average molecular weight is 245 g/mol. The molecule has 1 N–H and O–H groups in total. The molecule has 1 nitrogen and oxygen atoms in total. The van der Waals surface area contributed by atoms with Gasteiger partial charge in [-0.3, -0.25) is 0 Å². The van der Waals surface area contributed by atoms with E-state index in [1.807, 2.05) is 0 Å². The molecule has 1 aromatic carbocycles. The van der Waals surface area contributed by atoms with Crippen molar-refractivity contribution in [3.8, 4) is 0 Å². The first-order chi connectivity index (χ1) is 8.70. The Morgan fingerprint density at radius 2 is 1.89 bits per heavy atom. The van der Waals surface area contributed by atoms with Gasteiger partial charge < -0.3 is 5.32 Å². The van der Waals surface area contributed by atoms with Gasteiger partial charge in [0.1, 0.15) is 0 Å². The summed E-state index contributed by atoms with van der Waals surface area (Å²) in [4.78, 5) is 0. The van der Waals surface area contributed by atoms with Gasteiger partial charge in [0, 0.05) is 6.04 Å². The molecule has 1 aliphatic rings. The highest BCUT2D eigenvalue weighted by atomic mass is 14.9. The number of hydrogen-bond acceptors (Lipinski definition) is 1. The summed E-state index contributed by atoms with van der Waals surface area (Å²) in [5.41, 5.74) is 3.00. The van der Waals surface area contributed by atoms with Crippen molar-refractivity contribution in [3.05, 3.63) is 35.4 Å². The SMILES string of the molecule is CCCNC1CCC(c2ccc(C(C)C)cc2)C1. The summed E-state index contributed by atoms with van der Waals surface area (Å²) in [5, 5.41) is 3.66. The van der Waals surface area contributed by atoms with E-state index in [-0.39, 0.29) is 0 Å². The van der Waals surface area contributed by atoms with Crippen LogP contribution in [0.3, 0.4) is 0 Å². The summed E-state index contributed by atoms with van der Waals surface area (Å²) >= 11 is 0. The maximum absolute atomic E-state index is 3.66. The van der Waals surface area contributed by atoms with Crippen molar-refractivity contribution in [1.82, 2.24) is 5.32 Å². The molecule has 1 heteroatoms. The molecule has 100 valence electrons. The van der Waals surface area contributed by atoms with Gasteiger partial charge in [-0.1, -0.05) is 45.0 Å². The molecule has 0 amide bonds. The summed E-state index contributed by atoms with van der Waals surface area (Å²) < 4.78 is 0. The zero-order chi connectivity index (χ0) is 13.0. The number of hydrogen-bond donors (Lipinski definition) is 1. The first kappa shape index (κ1) is 13.6. The van der Waals surface area contributed by atoms with Crippen LogP contribution >= 0.6 is 0 Å². The minimum atomic E-state index is 0.640. The van der Waals surface area contributed by atoms with Gasteiger partial charge in [-0.15, -0.1) is 0 Å². The van der Waals surface area contributed by atoms with E-state index in [2.05, 4.69) is 50.4 Å². The third-order valence-corrected chi connectivity index (χ3v) is 4.19. The van der Waals surface area contributed by atoms with Gasteiger partial charge in [-0.2, -0.15) is 0 Å². The Hall–Kier alpha value is -0.820. The van der Waals surface area contributed by atoms with Crippen LogP contribution in [-0.4, -0.2) is 12.6 Å². The molecule has 18 heavy (non-hydrogen) atoms. The van der Waals surface area contributed by atoms with Gasteiger partial charge >= 0.3 is 0 Å². The lowest BCUT2D eigenvalue weighted by molar-refractivity contribution is 0.517. The van der Waals surface area contributed by atoms with Crippen LogP contribution < -0.4 is 5.32 Å². The smallest absolute Gasteiger partial charge is 0.00730 e. The fraction of sp³-hybridized carbons (Fsp3) is 0.647. The monoisotopic (exact) mass is 245 g/mol. The number of nitrogens with one attached hydrogen (secondary N) is 1. The van der Waals surface area contributed by atoms with Gasteiger partial charge in [0.2, 0.25) is 0 Å². The van der Waals surface area contributed by atoms with Gasteiger partial charge in [0.25, 0.3) is 0 Å². The minimum Gasteiger partial charge on any atom is -0.314 e. The Bertz CT molecular complexity index is 352. The van der Waals surface area contributed by atoms with E-state index in [9.17, 15) is 0 Å². The molecule has 0 radical (unpaired) electrons. The lowest BCUT2D eigenvalue weighted by Gasteiger charge is -2.14. The molecule has 0 heterocycles. The van der Waals surface area contributed by atoms with Crippen molar-refractivity contribution in [3.63, 3.8) is 0 Å². The lowest BCUT2D eigenvalue weighted by Crippen LogP contribution is -2.26. The molecule has 1 aliphatic carbocycles. The fourth-order valence-electron chi connectivity index (χ4n) is 2.97. The highest BCUT2D eigenvalue weighted by Crippen LogP contribution is 2.34. The van der Waals surface area contributed by atoms with E-state index < -0.39 is 0 Å². The molecule has 0 spiro atoms. The Morgan fingerprint density at radius 3 is 2.50 bits per heavy atom. The minimum absolute atomic E-state index is 0.640. The van der Waals surface area contributed by atoms with Crippen molar-refractivity contribution in [1.29, 1.82) is 0 Å². The molecule has 1 saturated carbocycles. The van der Waals surface area contributed by atoms with Crippen LogP contribution in [0.1, 0.15) is 69.4 Å². The summed E-state index contributed by atoms with van der Waals surface area (Å²) in [6, 6.07) is 10.1. The van der Waals surface area contributed by atoms with Gasteiger partial charge in [0.15, 0.2) is 0 Å². The number of benzene rings is 1. The van der Waals surface area contributed by atoms with E-state index >= 15 is 0 Å². The van der Waals surface area contributed by atoms with Gasteiger partial charge in [-0.05, 0) is 55.2 Å². The van der Waals surface area contributed by atoms with Crippen LogP contribution in [0.2, 0.25) is 0 Å². The molecular weight excluding hydrogens is 218 g/mol. The van der Waals surface area contributed by atoms with Crippen molar-refractivity contribution < 1.29 is 0 Å². The molecule has 2 rings (SSSR count). The Balaban J connectivity index is 1.92.